The number of carbonyl (C=O) groups is 1. The number of ether oxygens (including phenoxy) is 1. The van der Waals surface area contributed by atoms with E-state index in [0.717, 1.165) is 0 Å². The molecule has 0 aliphatic rings. The molecule has 6 nitrogen and oxygen atoms in total. The van der Waals surface area contributed by atoms with Crippen LogP contribution in [-0.4, -0.2) is 46.7 Å². The van der Waals surface area contributed by atoms with Crippen molar-refractivity contribution in [1.82, 2.24) is 20.1 Å². The predicted molar refractivity (Wildman–Crippen MR) is 65.8 cm³/mol. The van der Waals surface area contributed by atoms with Crippen LogP contribution in [-0.2, 0) is 16.1 Å². The van der Waals surface area contributed by atoms with Gasteiger partial charge in [-0.25, -0.2) is 0 Å². The molecule has 0 saturated carbocycles. The Morgan fingerprint density at radius 3 is 3.29 bits per heavy atom. The SMILES string of the molecule is C=CCn1cnnc1SCC(=O)NCCOC. The standard InChI is InChI=1S/C10H16N4O2S/c1-3-5-14-8-12-13-10(14)17-7-9(15)11-4-6-16-2/h3,8H,1,4-7H2,2H3,(H,11,15). The van der Waals surface area contributed by atoms with Crippen molar-refractivity contribution < 1.29 is 9.53 Å². The number of thioether (sulfide) groups is 1. The quantitative estimate of drug-likeness (QED) is 0.412. The van der Waals surface area contributed by atoms with Crippen LogP contribution in [0.3, 0.4) is 0 Å². The summed E-state index contributed by atoms with van der Waals surface area (Å²) in [6.07, 6.45) is 3.37. The van der Waals surface area contributed by atoms with Gasteiger partial charge in [-0.05, 0) is 0 Å². The van der Waals surface area contributed by atoms with E-state index in [4.69, 9.17) is 4.74 Å². The molecule has 0 saturated heterocycles. The second-order valence-corrected chi connectivity index (χ2v) is 4.13. The molecule has 0 unspecified atom stereocenters. The number of amides is 1. The van der Waals surface area contributed by atoms with Crippen LogP contribution in [0.15, 0.2) is 24.1 Å². The Bertz CT molecular complexity index is 367. The number of methoxy groups -OCH3 is 1. The highest BCUT2D eigenvalue weighted by Crippen LogP contribution is 2.13. The van der Waals surface area contributed by atoms with Crippen molar-refractivity contribution in [3.63, 3.8) is 0 Å². The molecule has 0 aliphatic carbocycles. The third-order valence-corrected chi connectivity index (χ3v) is 2.85. The molecule has 1 N–H and O–H groups in total. The van der Waals surface area contributed by atoms with Crippen LogP contribution in [0, 0.1) is 0 Å². The van der Waals surface area contributed by atoms with E-state index in [1.165, 1.54) is 11.8 Å². The second-order valence-electron chi connectivity index (χ2n) is 3.19. The summed E-state index contributed by atoms with van der Waals surface area (Å²) < 4.78 is 6.67. The number of allylic oxidation sites excluding steroid dienone is 1. The highest BCUT2D eigenvalue weighted by atomic mass is 32.2. The van der Waals surface area contributed by atoms with Gasteiger partial charge in [0.15, 0.2) is 5.16 Å². The number of aromatic nitrogens is 3. The van der Waals surface area contributed by atoms with Gasteiger partial charge in [0.1, 0.15) is 6.33 Å². The van der Waals surface area contributed by atoms with Crippen molar-refractivity contribution in [2.75, 3.05) is 26.0 Å². The molecular formula is C10H16N4O2S. The lowest BCUT2D eigenvalue weighted by Crippen LogP contribution is -2.28. The monoisotopic (exact) mass is 256 g/mol. The van der Waals surface area contributed by atoms with Gasteiger partial charge in [-0.3, -0.25) is 4.79 Å². The lowest BCUT2D eigenvalue weighted by Gasteiger charge is -2.04. The zero-order chi connectivity index (χ0) is 12.5. The van der Waals surface area contributed by atoms with Gasteiger partial charge in [-0.1, -0.05) is 17.8 Å². The van der Waals surface area contributed by atoms with Gasteiger partial charge >= 0.3 is 0 Å². The number of carbonyl (C=O) groups excluding carboxylic acids is 1. The summed E-state index contributed by atoms with van der Waals surface area (Å²) in [5, 5.41) is 11.2. The van der Waals surface area contributed by atoms with Crippen LogP contribution in [0.4, 0.5) is 0 Å². The summed E-state index contributed by atoms with van der Waals surface area (Å²) in [4.78, 5) is 11.4. The molecule has 94 valence electrons. The van der Waals surface area contributed by atoms with Crippen molar-refractivity contribution in [2.24, 2.45) is 0 Å². The first-order valence-corrected chi connectivity index (χ1v) is 6.13. The van der Waals surface area contributed by atoms with Crippen LogP contribution >= 0.6 is 11.8 Å². The molecule has 0 aliphatic heterocycles. The van der Waals surface area contributed by atoms with E-state index in [1.807, 2.05) is 4.57 Å². The predicted octanol–water partition coefficient (Wildman–Crippen LogP) is 0.319. The van der Waals surface area contributed by atoms with Crippen molar-refractivity contribution in [3.05, 3.63) is 19.0 Å². The zero-order valence-electron chi connectivity index (χ0n) is 9.76. The maximum absolute atomic E-state index is 11.4. The van der Waals surface area contributed by atoms with E-state index < -0.39 is 0 Å². The minimum absolute atomic E-state index is 0.0415. The Kier molecular flexibility index (Phi) is 6.34. The lowest BCUT2D eigenvalue weighted by atomic mass is 10.6. The summed E-state index contributed by atoms with van der Waals surface area (Å²) in [5.74, 6) is 0.278. The average molecular weight is 256 g/mol. The van der Waals surface area contributed by atoms with Crippen LogP contribution < -0.4 is 5.32 Å². The van der Waals surface area contributed by atoms with Gasteiger partial charge in [0.2, 0.25) is 5.91 Å². The van der Waals surface area contributed by atoms with Crippen molar-refractivity contribution in [1.29, 1.82) is 0 Å². The second kappa shape index (κ2) is 7.86. The Morgan fingerprint density at radius 1 is 1.76 bits per heavy atom. The van der Waals surface area contributed by atoms with Crippen LogP contribution in [0.2, 0.25) is 0 Å². The smallest absolute Gasteiger partial charge is 0.230 e. The third-order valence-electron chi connectivity index (χ3n) is 1.87. The molecule has 0 atom stereocenters. The molecule has 1 heterocycles. The Labute approximate surface area is 104 Å². The third kappa shape index (κ3) is 5.01. The summed E-state index contributed by atoms with van der Waals surface area (Å²) in [6.45, 7) is 5.32. The molecular weight excluding hydrogens is 240 g/mol. The largest absolute Gasteiger partial charge is 0.383 e. The van der Waals surface area contributed by atoms with Crippen molar-refractivity contribution in [3.8, 4) is 0 Å². The molecule has 1 aromatic heterocycles. The fraction of sp³-hybridized carbons (Fsp3) is 0.500. The molecule has 0 aromatic carbocycles. The molecule has 17 heavy (non-hydrogen) atoms. The number of nitrogens with one attached hydrogen (secondary N) is 1. The molecule has 0 bridgehead atoms. The fourth-order valence-corrected chi connectivity index (χ4v) is 1.85. The average Bonchev–Trinajstić information content (AvgIpc) is 2.75. The first kappa shape index (κ1) is 13.7. The van der Waals surface area contributed by atoms with Gasteiger partial charge in [0.05, 0.1) is 12.4 Å². The van der Waals surface area contributed by atoms with Gasteiger partial charge in [0, 0.05) is 20.2 Å². The number of rotatable bonds is 8. The van der Waals surface area contributed by atoms with Gasteiger partial charge in [0.25, 0.3) is 0 Å². The summed E-state index contributed by atoms with van der Waals surface area (Å²) in [5.41, 5.74) is 0. The normalized spacial score (nSPS) is 10.2. The van der Waals surface area contributed by atoms with Crippen molar-refractivity contribution >= 4 is 17.7 Å². The molecule has 7 heteroatoms. The summed E-state index contributed by atoms with van der Waals surface area (Å²) in [7, 11) is 1.60. The molecule has 0 fully saturated rings. The number of hydrogen-bond donors (Lipinski definition) is 1. The van der Waals surface area contributed by atoms with E-state index in [0.29, 0.717) is 30.6 Å². The Morgan fingerprint density at radius 2 is 2.59 bits per heavy atom. The minimum atomic E-state index is -0.0415. The van der Waals surface area contributed by atoms with E-state index in [9.17, 15) is 4.79 Å². The summed E-state index contributed by atoms with van der Waals surface area (Å²) >= 11 is 1.35. The Hall–Kier alpha value is -1.34. The van der Waals surface area contributed by atoms with Gasteiger partial charge in [-0.15, -0.1) is 16.8 Å². The highest BCUT2D eigenvalue weighted by molar-refractivity contribution is 7.99. The zero-order valence-corrected chi connectivity index (χ0v) is 10.6. The van der Waals surface area contributed by atoms with Crippen molar-refractivity contribution in [2.45, 2.75) is 11.7 Å². The van der Waals surface area contributed by atoms with Crippen LogP contribution in [0.1, 0.15) is 0 Å². The van der Waals surface area contributed by atoms with E-state index in [2.05, 4.69) is 22.1 Å². The molecule has 1 rings (SSSR count). The molecule has 0 radical (unpaired) electrons. The van der Waals surface area contributed by atoms with Crippen LogP contribution in [0.25, 0.3) is 0 Å². The molecule has 0 spiro atoms. The Balaban J connectivity index is 2.31. The maximum atomic E-state index is 11.4. The molecule has 1 amide bonds. The van der Waals surface area contributed by atoms with E-state index in [-0.39, 0.29) is 5.91 Å². The number of hydrogen-bond acceptors (Lipinski definition) is 5. The lowest BCUT2D eigenvalue weighted by molar-refractivity contribution is -0.118. The fourth-order valence-electron chi connectivity index (χ4n) is 1.09. The maximum Gasteiger partial charge on any atom is 0.230 e. The first-order chi connectivity index (χ1) is 8.27. The van der Waals surface area contributed by atoms with Gasteiger partial charge in [-0.2, -0.15) is 0 Å². The summed E-state index contributed by atoms with van der Waals surface area (Å²) in [6, 6.07) is 0. The highest BCUT2D eigenvalue weighted by Gasteiger charge is 2.07. The first-order valence-electron chi connectivity index (χ1n) is 5.15. The van der Waals surface area contributed by atoms with E-state index in [1.54, 1.807) is 19.5 Å². The molecule has 1 aromatic rings. The topological polar surface area (TPSA) is 69.0 Å². The van der Waals surface area contributed by atoms with Crippen LogP contribution in [0.5, 0.6) is 0 Å². The number of nitrogens with zero attached hydrogens (tertiary/aromatic N) is 3. The minimum Gasteiger partial charge on any atom is -0.383 e. The van der Waals surface area contributed by atoms with E-state index >= 15 is 0 Å². The van der Waals surface area contributed by atoms with Gasteiger partial charge < -0.3 is 14.6 Å².